The van der Waals surface area contributed by atoms with Gasteiger partial charge in [0.25, 0.3) is 12.6 Å². The predicted octanol–water partition coefficient (Wildman–Crippen LogP) is 3.13. The Morgan fingerprint density at radius 2 is 1.57 bits per heavy atom. The van der Waals surface area contributed by atoms with Crippen LogP contribution in [0.1, 0.15) is 21.5 Å². The van der Waals surface area contributed by atoms with Gasteiger partial charge in [0.15, 0.2) is 41.2 Å². The quantitative estimate of drug-likeness (QED) is 0.0519. The van der Waals surface area contributed by atoms with E-state index >= 15 is 0 Å². The highest BCUT2D eigenvalue weighted by Crippen LogP contribution is 2.29. The van der Waals surface area contributed by atoms with Crippen LogP contribution in [-0.4, -0.2) is 68.6 Å². The summed E-state index contributed by atoms with van der Waals surface area (Å²) in [4.78, 5) is 36.2. The van der Waals surface area contributed by atoms with Gasteiger partial charge in [0.2, 0.25) is 0 Å². The molecule has 0 fully saturated rings. The van der Waals surface area contributed by atoms with Gasteiger partial charge in [-0.3, -0.25) is 9.59 Å². The minimum atomic E-state index is -3.92. The van der Waals surface area contributed by atoms with E-state index < -0.39 is 22.1 Å². The molecule has 46 heavy (non-hydrogen) atoms. The third-order valence-electron chi connectivity index (χ3n) is 5.44. The summed E-state index contributed by atoms with van der Waals surface area (Å²) in [6, 6.07) is 12.5. The largest absolute Gasteiger partial charge is 0.748 e. The van der Waals surface area contributed by atoms with Gasteiger partial charge in [-0.1, -0.05) is 24.3 Å². The highest BCUT2D eigenvalue weighted by molar-refractivity contribution is 7.84. The Morgan fingerprint density at radius 1 is 0.957 bits per heavy atom. The lowest BCUT2D eigenvalue weighted by Crippen LogP contribution is -2.37. The molecular weight excluding hydrogens is 624 g/mol. The summed E-state index contributed by atoms with van der Waals surface area (Å²) in [6.07, 6.45) is 9.45. The SMILES string of the molecule is CNC(=O)c1ccc[n+](COC(=O)Oc2ccc(/C=C/C(O)=C/C(=O)/C=C/c3ccc(O)c(OC)c3)cc2OC)c1.CS(=O)(=O)[O-]. The van der Waals surface area contributed by atoms with E-state index in [1.165, 1.54) is 68.5 Å². The Kier molecular flexibility index (Phi) is 14.0. The molecule has 3 aromatic rings. The minimum Gasteiger partial charge on any atom is -0.748 e. The van der Waals surface area contributed by atoms with Crippen molar-refractivity contribution < 1.29 is 61.1 Å². The van der Waals surface area contributed by atoms with E-state index in [1.807, 2.05) is 0 Å². The van der Waals surface area contributed by atoms with Crippen molar-refractivity contribution >= 4 is 40.1 Å². The molecule has 0 spiro atoms. The van der Waals surface area contributed by atoms with E-state index in [0.717, 1.165) is 6.08 Å². The first kappa shape index (κ1) is 36.5. The summed E-state index contributed by atoms with van der Waals surface area (Å²) in [5, 5.41) is 22.3. The maximum atomic E-state index is 12.2. The summed E-state index contributed by atoms with van der Waals surface area (Å²) >= 11 is 0. The van der Waals surface area contributed by atoms with E-state index in [9.17, 15) is 24.6 Å². The van der Waals surface area contributed by atoms with Gasteiger partial charge in [-0.05, 0) is 53.6 Å². The summed E-state index contributed by atoms with van der Waals surface area (Å²) in [7, 11) is 0.415. The van der Waals surface area contributed by atoms with Gasteiger partial charge in [-0.15, -0.1) is 0 Å². The zero-order valence-corrected chi connectivity index (χ0v) is 26.0. The average molecular weight is 657 g/mol. The number of phenolic OH excluding ortho intramolecular Hbond substituents is 1. The Hall–Kier alpha value is -5.67. The second-order valence-electron chi connectivity index (χ2n) is 9.00. The first-order valence-corrected chi connectivity index (χ1v) is 14.9. The van der Waals surface area contributed by atoms with Gasteiger partial charge < -0.3 is 39.0 Å². The Labute approximate surface area is 265 Å². The second-order valence-corrected chi connectivity index (χ2v) is 10.4. The number of rotatable bonds is 11. The molecule has 2 aromatic carbocycles. The molecule has 0 saturated carbocycles. The number of pyridine rings is 1. The fourth-order valence-electron chi connectivity index (χ4n) is 3.40. The van der Waals surface area contributed by atoms with E-state index in [0.29, 0.717) is 22.9 Å². The summed E-state index contributed by atoms with van der Waals surface area (Å²) in [5.74, 6) is -0.444. The van der Waals surface area contributed by atoms with Crippen LogP contribution in [0.4, 0.5) is 4.79 Å². The zero-order chi connectivity index (χ0) is 34.3. The molecule has 0 aliphatic carbocycles. The van der Waals surface area contributed by atoms with Crippen molar-refractivity contribution in [2.24, 2.45) is 0 Å². The number of aromatic hydroxyl groups is 1. The molecule has 0 aliphatic rings. The summed E-state index contributed by atoms with van der Waals surface area (Å²) in [5.41, 5.74) is 1.61. The Morgan fingerprint density at radius 3 is 2.20 bits per heavy atom. The lowest BCUT2D eigenvalue weighted by atomic mass is 10.1. The number of benzene rings is 2. The van der Waals surface area contributed by atoms with Crippen molar-refractivity contribution in [3.63, 3.8) is 0 Å². The molecule has 1 aromatic heterocycles. The number of methoxy groups -OCH3 is 2. The molecule has 0 radical (unpaired) electrons. The number of aliphatic hydroxyl groups excluding tert-OH is 1. The number of amides is 1. The summed E-state index contributed by atoms with van der Waals surface area (Å²) in [6.45, 7) is -0.185. The first-order chi connectivity index (χ1) is 21.7. The highest BCUT2D eigenvalue weighted by atomic mass is 32.2. The van der Waals surface area contributed by atoms with Gasteiger partial charge >= 0.3 is 6.16 Å². The topological polar surface area (TPSA) is 202 Å². The number of phenols is 1. The normalized spacial score (nSPS) is 11.4. The van der Waals surface area contributed by atoms with E-state index in [1.54, 1.807) is 42.6 Å². The zero-order valence-electron chi connectivity index (χ0n) is 25.2. The van der Waals surface area contributed by atoms with E-state index in [-0.39, 0.29) is 41.4 Å². The number of aromatic nitrogens is 1. The van der Waals surface area contributed by atoms with Crippen LogP contribution in [0.2, 0.25) is 0 Å². The number of carbonyl (C=O) groups excluding carboxylic acids is 3. The number of nitrogens with zero attached hydrogens (tertiary/aromatic N) is 1. The fourth-order valence-corrected chi connectivity index (χ4v) is 3.40. The number of allylic oxidation sites excluding steroid dienone is 3. The van der Waals surface area contributed by atoms with Gasteiger partial charge in [0.05, 0.1) is 24.3 Å². The lowest BCUT2D eigenvalue weighted by molar-refractivity contribution is -0.727. The number of carbonyl (C=O) groups is 3. The molecule has 244 valence electrons. The molecule has 1 amide bonds. The standard InChI is InChI=1S/C30H28N2O9.CH4O3S/c1-31-29(36)22-5-4-14-32(18-22)19-40-30(37)41-26-13-9-21(16-28(26)39-3)7-11-24(34)17-23(33)10-6-20-8-12-25(35)27(15-20)38-2;1-5(2,3)4/h4-18H,19H2,1-3H3,(H2-,31,33,34,35,36);1H3,(H,2,3,4)/b11-7+;. The van der Waals surface area contributed by atoms with Crippen molar-refractivity contribution in [3.8, 4) is 23.0 Å². The van der Waals surface area contributed by atoms with Gasteiger partial charge in [0, 0.05) is 25.4 Å². The van der Waals surface area contributed by atoms with Crippen LogP contribution in [0, 0.1) is 0 Å². The third kappa shape index (κ3) is 13.3. The molecule has 0 atom stereocenters. The molecule has 3 N–H and O–H groups in total. The van der Waals surface area contributed by atoms with Crippen LogP contribution in [0.3, 0.4) is 0 Å². The molecule has 15 heteroatoms. The van der Waals surface area contributed by atoms with Gasteiger partial charge in [0.1, 0.15) is 11.3 Å². The lowest BCUT2D eigenvalue weighted by Gasteiger charge is -2.09. The van der Waals surface area contributed by atoms with Crippen LogP contribution in [-0.2, 0) is 26.4 Å². The molecular formula is C31H32N2O12S. The van der Waals surface area contributed by atoms with Crippen molar-refractivity contribution in [3.05, 3.63) is 102 Å². The molecule has 3 rings (SSSR count). The van der Waals surface area contributed by atoms with Crippen LogP contribution in [0.25, 0.3) is 12.2 Å². The van der Waals surface area contributed by atoms with Gasteiger partial charge in [-0.2, -0.15) is 4.57 Å². The molecule has 0 aliphatic heterocycles. The fraction of sp³-hybridized carbons (Fsp3) is 0.161. The predicted molar refractivity (Wildman–Crippen MR) is 164 cm³/mol. The minimum absolute atomic E-state index is 0.0180. The monoisotopic (exact) mass is 656 g/mol. The number of ketones is 1. The Bertz CT molecular complexity index is 1740. The smallest absolute Gasteiger partial charge is 0.518 e. The van der Waals surface area contributed by atoms with Crippen molar-refractivity contribution in [1.82, 2.24) is 5.32 Å². The van der Waals surface area contributed by atoms with Crippen molar-refractivity contribution in [2.75, 3.05) is 27.5 Å². The molecule has 1 heterocycles. The van der Waals surface area contributed by atoms with Crippen molar-refractivity contribution in [2.45, 2.75) is 6.73 Å². The molecule has 0 unspecified atom stereocenters. The number of hydrogen-bond donors (Lipinski definition) is 3. The van der Waals surface area contributed by atoms with Crippen molar-refractivity contribution in [1.29, 1.82) is 0 Å². The average Bonchev–Trinajstić information content (AvgIpc) is 3.01. The van der Waals surface area contributed by atoms with E-state index in [4.69, 9.17) is 31.9 Å². The number of aliphatic hydroxyl groups is 1. The Balaban J connectivity index is 0.00000136. The van der Waals surface area contributed by atoms with Crippen LogP contribution in [0.5, 0.6) is 23.0 Å². The van der Waals surface area contributed by atoms with Crippen LogP contribution >= 0.6 is 0 Å². The van der Waals surface area contributed by atoms with Crippen LogP contribution < -0.4 is 24.1 Å². The second kappa shape index (κ2) is 17.6. The molecule has 14 nitrogen and oxygen atoms in total. The van der Waals surface area contributed by atoms with E-state index in [2.05, 4.69) is 5.32 Å². The summed E-state index contributed by atoms with van der Waals surface area (Å²) < 4.78 is 49.4. The number of hydrogen-bond acceptors (Lipinski definition) is 12. The molecule has 0 bridgehead atoms. The maximum Gasteiger partial charge on any atom is 0.518 e. The highest BCUT2D eigenvalue weighted by Gasteiger charge is 2.15. The first-order valence-electron chi connectivity index (χ1n) is 13.0. The maximum absolute atomic E-state index is 12.2. The number of nitrogens with one attached hydrogen (secondary N) is 1. The van der Waals surface area contributed by atoms with Gasteiger partial charge in [-0.25, -0.2) is 13.2 Å². The third-order valence-corrected chi connectivity index (χ3v) is 5.44. The number of ether oxygens (including phenoxy) is 4. The molecule has 0 saturated heterocycles. The van der Waals surface area contributed by atoms with Crippen LogP contribution in [0.15, 0.2) is 84.9 Å².